The van der Waals surface area contributed by atoms with Gasteiger partial charge in [0.2, 0.25) is 0 Å². The number of halogens is 1. The Morgan fingerprint density at radius 2 is 1.50 bits per heavy atom. The Morgan fingerprint density at radius 1 is 0.773 bits per heavy atom. The summed E-state index contributed by atoms with van der Waals surface area (Å²) in [5.74, 6) is -0.568. The SMILES string of the molecule is O=C1c2cccc(Br)c2C(=O)N1c1cccc2ccccc12. The maximum Gasteiger partial charge on any atom is 0.267 e. The van der Waals surface area contributed by atoms with Crippen LogP contribution < -0.4 is 4.90 Å². The third-order valence-corrected chi connectivity index (χ3v) is 4.53. The molecule has 1 heterocycles. The lowest BCUT2D eigenvalue weighted by Gasteiger charge is -2.16. The van der Waals surface area contributed by atoms with Gasteiger partial charge in [-0.05, 0) is 39.5 Å². The van der Waals surface area contributed by atoms with Crippen molar-refractivity contribution in [2.45, 2.75) is 0 Å². The Bertz CT molecular complexity index is 943. The van der Waals surface area contributed by atoms with Crippen molar-refractivity contribution in [1.82, 2.24) is 0 Å². The summed E-state index contributed by atoms with van der Waals surface area (Å²) in [4.78, 5) is 26.7. The van der Waals surface area contributed by atoms with E-state index in [-0.39, 0.29) is 11.8 Å². The minimum absolute atomic E-state index is 0.280. The first-order chi connectivity index (χ1) is 10.7. The van der Waals surface area contributed by atoms with Crippen LogP contribution in [0, 0.1) is 0 Å². The van der Waals surface area contributed by atoms with E-state index in [1.54, 1.807) is 24.3 Å². The third-order valence-electron chi connectivity index (χ3n) is 3.87. The van der Waals surface area contributed by atoms with Gasteiger partial charge in [-0.15, -0.1) is 0 Å². The molecule has 0 fully saturated rings. The van der Waals surface area contributed by atoms with Crippen LogP contribution in [0.25, 0.3) is 10.8 Å². The van der Waals surface area contributed by atoms with Crippen molar-refractivity contribution in [1.29, 1.82) is 0 Å². The molecular weight excluding hydrogens is 342 g/mol. The smallest absolute Gasteiger partial charge is 0.267 e. The molecule has 0 spiro atoms. The Morgan fingerprint density at radius 3 is 2.32 bits per heavy atom. The highest BCUT2D eigenvalue weighted by Crippen LogP contribution is 2.35. The summed E-state index contributed by atoms with van der Waals surface area (Å²) in [6.07, 6.45) is 0. The van der Waals surface area contributed by atoms with Gasteiger partial charge < -0.3 is 0 Å². The average Bonchev–Trinajstić information content (AvgIpc) is 2.79. The molecule has 4 heteroatoms. The van der Waals surface area contributed by atoms with Crippen molar-refractivity contribution in [2.75, 3.05) is 4.90 Å². The van der Waals surface area contributed by atoms with Crippen LogP contribution in [0.3, 0.4) is 0 Å². The van der Waals surface area contributed by atoms with Crippen molar-refractivity contribution in [2.24, 2.45) is 0 Å². The Labute approximate surface area is 135 Å². The lowest BCUT2D eigenvalue weighted by atomic mass is 10.1. The molecular formula is C18H10BrNO2. The molecule has 1 aliphatic heterocycles. The summed E-state index contributed by atoms with van der Waals surface area (Å²) >= 11 is 3.37. The molecule has 0 saturated carbocycles. The molecule has 0 bridgehead atoms. The van der Waals surface area contributed by atoms with Gasteiger partial charge in [0, 0.05) is 9.86 Å². The predicted molar refractivity (Wildman–Crippen MR) is 89.2 cm³/mol. The molecule has 3 nitrogen and oxygen atoms in total. The van der Waals surface area contributed by atoms with Crippen molar-refractivity contribution in [3.63, 3.8) is 0 Å². The van der Waals surface area contributed by atoms with Crippen LogP contribution in [0.2, 0.25) is 0 Å². The number of hydrogen-bond donors (Lipinski definition) is 0. The van der Waals surface area contributed by atoms with Crippen molar-refractivity contribution in [3.05, 3.63) is 76.3 Å². The van der Waals surface area contributed by atoms with E-state index >= 15 is 0 Å². The summed E-state index contributed by atoms with van der Waals surface area (Å²) in [5.41, 5.74) is 1.49. The van der Waals surface area contributed by atoms with Gasteiger partial charge in [-0.25, -0.2) is 4.90 Å². The zero-order chi connectivity index (χ0) is 15.3. The second kappa shape index (κ2) is 4.78. The quantitative estimate of drug-likeness (QED) is 0.609. The standard InChI is InChI=1S/C18H10BrNO2/c19-14-9-4-8-13-16(14)18(22)20(17(13)21)15-10-3-6-11-5-1-2-7-12(11)15/h1-10H. The largest absolute Gasteiger partial charge is 0.268 e. The third kappa shape index (κ3) is 1.74. The Kier molecular flexibility index (Phi) is 2.87. The lowest BCUT2D eigenvalue weighted by molar-refractivity contribution is 0.0926. The van der Waals surface area contributed by atoms with Gasteiger partial charge in [-0.3, -0.25) is 9.59 Å². The highest BCUT2D eigenvalue weighted by atomic mass is 79.9. The molecule has 106 valence electrons. The first-order valence-electron chi connectivity index (χ1n) is 6.83. The fraction of sp³-hybridized carbons (Fsp3) is 0. The summed E-state index contributed by atoms with van der Waals surface area (Å²) in [6, 6.07) is 18.6. The van der Waals surface area contributed by atoms with Gasteiger partial charge in [0.25, 0.3) is 11.8 Å². The normalized spacial score (nSPS) is 13.8. The van der Waals surface area contributed by atoms with Crippen LogP contribution in [0.15, 0.2) is 65.1 Å². The van der Waals surface area contributed by atoms with E-state index in [0.717, 1.165) is 10.8 Å². The number of carbonyl (C=O) groups is 2. The van der Waals surface area contributed by atoms with Gasteiger partial charge in [-0.2, -0.15) is 0 Å². The van der Waals surface area contributed by atoms with E-state index < -0.39 is 0 Å². The first-order valence-corrected chi connectivity index (χ1v) is 7.63. The minimum atomic E-state index is -0.288. The average molecular weight is 352 g/mol. The molecule has 0 saturated heterocycles. The molecule has 1 aliphatic rings. The number of nitrogens with zero attached hydrogens (tertiary/aromatic N) is 1. The van der Waals surface area contributed by atoms with Crippen LogP contribution in [-0.4, -0.2) is 11.8 Å². The molecule has 0 aromatic heterocycles. The number of rotatable bonds is 1. The van der Waals surface area contributed by atoms with E-state index in [0.29, 0.717) is 21.3 Å². The molecule has 0 aliphatic carbocycles. The van der Waals surface area contributed by atoms with Crippen LogP contribution >= 0.6 is 15.9 Å². The number of imide groups is 1. The van der Waals surface area contributed by atoms with E-state index in [1.807, 2.05) is 36.4 Å². The van der Waals surface area contributed by atoms with Crippen LogP contribution in [0.4, 0.5) is 5.69 Å². The highest BCUT2D eigenvalue weighted by Gasteiger charge is 2.38. The number of amides is 2. The van der Waals surface area contributed by atoms with E-state index in [2.05, 4.69) is 15.9 Å². The minimum Gasteiger partial charge on any atom is -0.268 e. The number of fused-ring (bicyclic) bond motifs is 2. The number of anilines is 1. The summed E-state index contributed by atoms with van der Waals surface area (Å²) < 4.78 is 0.645. The van der Waals surface area contributed by atoms with Crippen LogP contribution in [0.5, 0.6) is 0 Å². The predicted octanol–water partition coefficient (Wildman–Crippen LogP) is 4.40. The summed E-state index contributed by atoms with van der Waals surface area (Å²) in [6.45, 7) is 0. The number of hydrogen-bond acceptors (Lipinski definition) is 2. The monoisotopic (exact) mass is 351 g/mol. The molecule has 0 radical (unpaired) electrons. The fourth-order valence-corrected chi connectivity index (χ4v) is 3.40. The van der Waals surface area contributed by atoms with Crippen LogP contribution in [-0.2, 0) is 0 Å². The molecule has 2 amide bonds. The second-order valence-electron chi connectivity index (χ2n) is 5.11. The summed E-state index contributed by atoms with van der Waals surface area (Å²) in [7, 11) is 0. The molecule has 3 aromatic carbocycles. The topological polar surface area (TPSA) is 37.4 Å². The van der Waals surface area contributed by atoms with Gasteiger partial charge in [-0.1, -0.05) is 42.5 Å². The van der Waals surface area contributed by atoms with Crippen molar-refractivity contribution >= 4 is 44.2 Å². The zero-order valence-corrected chi connectivity index (χ0v) is 13.0. The van der Waals surface area contributed by atoms with Crippen LogP contribution in [0.1, 0.15) is 20.7 Å². The Balaban J connectivity index is 1.96. The fourth-order valence-electron chi connectivity index (χ4n) is 2.87. The molecule has 0 unspecified atom stereocenters. The van der Waals surface area contributed by atoms with Crippen molar-refractivity contribution < 1.29 is 9.59 Å². The summed E-state index contributed by atoms with van der Waals surface area (Å²) in [5, 5.41) is 1.88. The molecule has 0 atom stereocenters. The molecule has 22 heavy (non-hydrogen) atoms. The van der Waals surface area contributed by atoms with Crippen molar-refractivity contribution in [3.8, 4) is 0 Å². The van der Waals surface area contributed by atoms with Gasteiger partial charge >= 0.3 is 0 Å². The van der Waals surface area contributed by atoms with Gasteiger partial charge in [0.15, 0.2) is 0 Å². The lowest BCUT2D eigenvalue weighted by Crippen LogP contribution is -2.29. The maximum absolute atomic E-state index is 12.7. The second-order valence-corrected chi connectivity index (χ2v) is 5.96. The Hall–Kier alpha value is -2.46. The van der Waals surface area contributed by atoms with E-state index in [4.69, 9.17) is 0 Å². The van der Waals surface area contributed by atoms with E-state index in [9.17, 15) is 9.59 Å². The first kappa shape index (κ1) is 13.2. The maximum atomic E-state index is 12.7. The van der Waals surface area contributed by atoms with E-state index in [1.165, 1.54) is 4.90 Å². The molecule has 4 rings (SSSR count). The number of carbonyl (C=O) groups excluding carboxylic acids is 2. The molecule has 3 aromatic rings. The number of benzene rings is 3. The van der Waals surface area contributed by atoms with Gasteiger partial charge in [0.05, 0.1) is 16.8 Å². The molecule has 0 N–H and O–H groups in total. The highest BCUT2D eigenvalue weighted by molar-refractivity contribution is 9.10. The zero-order valence-electron chi connectivity index (χ0n) is 11.4. The van der Waals surface area contributed by atoms with Gasteiger partial charge in [0.1, 0.15) is 0 Å².